The summed E-state index contributed by atoms with van der Waals surface area (Å²) in [6.45, 7) is 20.6. The summed E-state index contributed by atoms with van der Waals surface area (Å²) < 4.78 is 56.1. The zero-order valence-corrected chi connectivity index (χ0v) is 46.1. The van der Waals surface area contributed by atoms with E-state index in [0.717, 1.165) is 32.1 Å². The molecule has 0 aliphatic heterocycles. The van der Waals surface area contributed by atoms with E-state index in [0.29, 0.717) is 144 Å². The zero-order valence-electron chi connectivity index (χ0n) is 44.0. The minimum absolute atomic E-state index is 0.00690. The number of rotatable bonds is 44. The fourth-order valence-electron chi connectivity index (χ4n) is 6.22. The van der Waals surface area contributed by atoms with Gasteiger partial charge in [0.25, 0.3) is 0 Å². The predicted octanol–water partition coefficient (Wildman–Crippen LogP) is 5.70. The summed E-state index contributed by atoms with van der Waals surface area (Å²) in [4.78, 5) is 61.8. The van der Waals surface area contributed by atoms with E-state index in [1.54, 1.807) is 20.8 Å². The lowest BCUT2D eigenvalue weighted by Gasteiger charge is -2.24. The summed E-state index contributed by atoms with van der Waals surface area (Å²) in [5, 5.41) is 11.4. The maximum absolute atomic E-state index is 12.9. The molecule has 4 N–H and O–H groups in total. The quantitative estimate of drug-likeness (QED) is 0.0350. The van der Waals surface area contributed by atoms with Crippen molar-refractivity contribution in [3.8, 4) is 0 Å². The van der Waals surface area contributed by atoms with Crippen LogP contribution in [0.15, 0.2) is 24.3 Å². The molecule has 0 spiro atoms. The third-order valence-corrected chi connectivity index (χ3v) is 10.6. The molecule has 1 rings (SSSR count). The molecule has 410 valence electrons. The van der Waals surface area contributed by atoms with E-state index >= 15 is 0 Å². The summed E-state index contributed by atoms with van der Waals surface area (Å²) in [6, 6.07) is 7.51. The van der Waals surface area contributed by atoms with E-state index in [4.69, 9.17) is 47.4 Å². The van der Waals surface area contributed by atoms with Gasteiger partial charge >= 0.3 is 12.1 Å². The van der Waals surface area contributed by atoms with Gasteiger partial charge in [0.1, 0.15) is 17.2 Å². The number of carbonyl (C=O) groups is 5. The SMILES string of the molecule is C[C@@H](CCCCNC(=O)OC(C)(C)C)C(=O)NCCOCCOCCOCCOCCOCCOCCOCCOCCC(=O)N[C@@H](CCCCNC(=O)CCCc1ccc(I)cc1)C(=O)OC(C)(C)C. The second-order valence-corrected chi connectivity index (χ2v) is 20.0. The monoisotopic (exact) mass is 1120 g/mol. The third-order valence-electron chi connectivity index (χ3n) is 9.85. The van der Waals surface area contributed by atoms with Crippen LogP contribution < -0.4 is 21.3 Å². The minimum atomic E-state index is -0.792. The highest BCUT2D eigenvalue weighted by Crippen LogP contribution is 2.13. The van der Waals surface area contributed by atoms with Crippen molar-refractivity contribution in [3.05, 3.63) is 33.4 Å². The number of carbonyl (C=O) groups excluding carboxylic acids is 5. The molecule has 1 aromatic carbocycles. The summed E-state index contributed by atoms with van der Waals surface area (Å²) in [5.41, 5.74) is -0.000950. The van der Waals surface area contributed by atoms with Gasteiger partial charge in [-0.2, -0.15) is 0 Å². The lowest BCUT2D eigenvalue weighted by molar-refractivity contribution is -0.159. The smallest absolute Gasteiger partial charge is 0.407 e. The molecule has 0 heterocycles. The summed E-state index contributed by atoms with van der Waals surface area (Å²) in [7, 11) is 0. The van der Waals surface area contributed by atoms with Gasteiger partial charge in [-0.3, -0.25) is 14.4 Å². The molecule has 2 atom stereocenters. The second kappa shape index (κ2) is 42.2. The van der Waals surface area contributed by atoms with Gasteiger partial charge in [0.05, 0.1) is 106 Å². The van der Waals surface area contributed by atoms with E-state index in [1.807, 2.05) is 27.7 Å². The summed E-state index contributed by atoms with van der Waals surface area (Å²) in [6.07, 6.45) is 5.76. The van der Waals surface area contributed by atoms with Crippen LogP contribution in [0.4, 0.5) is 4.79 Å². The van der Waals surface area contributed by atoms with Crippen molar-refractivity contribution < 1.29 is 71.3 Å². The molecule has 0 unspecified atom stereocenters. The van der Waals surface area contributed by atoms with Crippen molar-refractivity contribution in [2.75, 3.05) is 125 Å². The second-order valence-electron chi connectivity index (χ2n) is 18.7. The van der Waals surface area contributed by atoms with E-state index in [9.17, 15) is 24.0 Å². The number of unbranched alkanes of at least 4 members (excludes halogenated alkanes) is 2. The number of alkyl carbamates (subject to hydrolysis) is 1. The van der Waals surface area contributed by atoms with Crippen LogP contribution in [0.3, 0.4) is 0 Å². The molecule has 19 nitrogen and oxygen atoms in total. The molecule has 20 heteroatoms. The molecular formula is C51H89IN4O15. The van der Waals surface area contributed by atoms with Crippen LogP contribution in [0.25, 0.3) is 0 Å². The molecule has 0 aromatic heterocycles. The molecule has 4 amide bonds. The average molecular weight is 1130 g/mol. The molecule has 0 aliphatic carbocycles. The lowest BCUT2D eigenvalue weighted by Crippen LogP contribution is -2.44. The Morgan fingerprint density at radius 3 is 1.44 bits per heavy atom. The van der Waals surface area contributed by atoms with Crippen molar-refractivity contribution in [2.24, 2.45) is 5.92 Å². The largest absolute Gasteiger partial charge is 0.458 e. The molecule has 71 heavy (non-hydrogen) atoms. The number of esters is 1. The fourth-order valence-corrected chi connectivity index (χ4v) is 6.58. The first-order valence-electron chi connectivity index (χ1n) is 25.3. The standard InChI is InChI=1S/C51H89IN4O15/c1-41(13-8-10-23-55-49(61)71-51(5,6)7)47(59)54-24-26-63-28-30-65-32-34-67-36-38-69-40-39-68-37-35-66-33-31-64-29-27-62-25-21-46(58)56-44(48(60)70-50(2,3)4)15-9-11-22-53-45(57)16-12-14-42-17-19-43(52)20-18-42/h17-20,41,44H,8-16,21-40H2,1-7H3,(H,53,57)(H,54,59)(H,55,61)(H,56,58)/t41-,44-/m0/s1. The number of hydrogen-bond acceptors (Lipinski definition) is 15. The van der Waals surface area contributed by atoms with E-state index in [2.05, 4.69) is 68.1 Å². The molecule has 0 bridgehead atoms. The van der Waals surface area contributed by atoms with Crippen LogP contribution in [-0.2, 0) is 73.0 Å². The maximum atomic E-state index is 12.9. The van der Waals surface area contributed by atoms with Gasteiger partial charge in [0, 0.05) is 42.0 Å². The number of hydrogen-bond donors (Lipinski definition) is 4. The Balaban J connectivity index is 1.91. The highest BCUT2D eigenvalue weighted by Gasteiger charge is 2.26. The zero-order chi connectivity index (χ0) is 52.4. The van der Waals surface area contributed by atoms with E-state index in [1.165, 1.54) is 9.13 Å². The van der Waals surface area contributed by atoms with Crippen molar-refractivity contribution in [3.63, 3.8) is 0 Å². The highest BCUT2D eigenvalue weighted by molar-refractivity contribution is 14.1. The van der Waals surface area contributed by atoms with Gasteiger partial charge in [0.2, 0.25) is 17.7 Å². The number of ether oxygens (including phenoxy) is 10. The Bertz CT molecular complexity index is 1550. The van der Waals surface area contributed by atoms with Crippen molar-refractivity contribution in [1.82, 2.24) is 21.3 Å². The van der Waals surface area contributed by atoms with Crippen molar-refractivity contribution in [2.45, 2.75) is 130 Å². The number of aryl methyl sites for hydroxylation is 1. The molecule has 0 saturated heterocycles. The maximum Gasteiger partial charge on any atom is 0.407 e. The Hall–Kier alpha value is -3.22. The van der Waals surface area contributed by atoms with Crippen LogP contribution in [0, 0.1) is 9.49 Å². The molecule has 0 fully saturated rings. The normalized spacial score (nSPS) is 12.5. The van der Waals surface area contributed by atoms with Gasteiger partial charge in [-0.1, -0.05) is 25.5 Å². The first kappa shape index (κ1) is 65.8. The lowest BCUT2D eigenvalue weighted by atomic mass is 10.0. The topological polar surface area (TPSA) is 226 Å². The van der Waals surface area contributed by atoms with Crippen LogP contribution in [-0.4, -0.2) is 172 Å². The van der Waals surface area contributed by atoms with Gasteiger partial charge in [-0.25, -0.2) is 9.59 Å². The molecule has 1 aromatic rings. The van der Waals surface area contributed by atoms with Crippen LogP contribution in [0.1, 0.15) is 112 Å². The van der Waals surface area contributed by atoms with Crippen LogP contribution in [0.2, 0.25) is 0 Å². The first-order valence-corrected chi connectivity index (χ1v) is 26.4. The number of nitrogens with one attached hydrogen (secondary N) is 4. The minimum Gasteiger partial charge on any atom is -0.458 e. The number of amides is 4. The highest BCUT2D eigenvalue weighted by atomic mass is 127. The van der Waals surface area contributed by atoms with Crippen molar-refractivity contribution >= 4 is 52.4 Å². The fraction of sp³-hybridized carbons (Fsp3) is 0.784. The van der Waals surface area contributed by atoms with E-state index in [-0.39, 0.29) is 36.7 Å². The average Bonchev–Trinajstić information content (AvgIpc) is 3.30. The predicted molar refractivity (Wildman–Crippen MR) is 278 cm³/mol. The first-order chi connectivity index (χ1) is 33.9. The number of benzene rings is 1. The van der Waals surface area contributed by atoms with Gasteiger partial charge in [-0.15, -0.1) is 0 Å². The molecular weight excluding hydrogens is 1040 g/mol. The molecule has 0 aliphatic rings. The van der Waals surface area contributed by atoms with Gasteiger partial charge < -0.3 is 68.6 Å². The Morgan fingerprint density at radius 1 is 0.493 bits per heavy atom. The molecule has 0 saturated carbocycles. The Morgan fingerprint density at radius 2 is 0.944 bits per heavy atom. The van der Waals surface area contributed by atoms with Crippen molar-refractivity contribution in [1.29, 1.82) is 0 Å². The number of halogens is 1. The van der Waals surface area contributed by atoms with E-state index < -0.39 is 29.3 Å². The third kappa shape index (κ3) is 42.9. The van der Waals surface area contributed by atoms with Crippen LogP contribution in [0.5, 0.6) is 0 Å². The summed E-state index contributed by atoms with van der Waals surface area (Å²) >= 11 is 2.27. The van der Waals surface area contributed by atoms with Gasteiger partial charge in [0.15, 0.2) is 0 Å². The summed E-state index contributed by atoms with van der Waals surface area (Å²) in [5.74, 6) is -0.918. The Kier molecular flexibility index (Phi) is 39.1. The molecule has 0 radical (unpaired) electrons. The van der Waals surface area contributed by atoms with Gasteiger partial charge in [-0.05, 0) is 127 Å². The van der Waals surface area contributed by atoms with Crippen LogP contribution >= 0.6 is 22.6 Å². The Labute approximate surface area is 437 Å².